The number of amidine groups is 1. The second-order valence-electron chi connectivity index (χ2n) is 3.11. The topological polar surface area (TPSA) is 47.6 Å². The maximum atomic E-state index is 5.66. The molecule has 0 saturated carbocycles. The Morgan fingerprint density at radius 2 is 2.21 bits per heavy atom. The Hall–Kier alpha value is -1.51. The van der Waals surface area contributed by atoms with Crippen LogP contribution in [0.4, 0.5) is 5.69 Å². The molecule has 0 amide bonds. The van der Waals surface area contributed by atoms with Crippen LogP contribution in [0.2, 0.25) is 0 Å². The summed E-state index contributed by atoms with van der Waals surface area (Å²) in [5.41, 5.74) is 7.64. The highest BCUT2D eigenvalue weighted by Crippen LogP contribution is 2.23. The van der Waals surface area contributed by atoms with Gasteiger partial charge in [-0.25, -0.2) is 4.99 Å². The van der Waals surface area contributed by atoms with E-state index in [1.165, 1.54) is 0 Å². The van der Waals surface area contributed by atoms with E-state index in [2.05, 4.69) is 4.99 Å². The van der Waals surface area contributed by atoms with Crippen molar-refractivity contribution >= 4 is 11.5 Å². The second-order valence-corrected chi connectivity index (χ2v) is 3.11. The Kier molecular flexibility index (Phi) is 3.51. The van der Waals surface area contributed by atoms with E-state index in [0.717, 1.165) is 23.4 Å². The summed E-state index contributed by atoms with van der Waals surface area (Å²) >= 11 is 0. The second kappa shape index (κ2) is 4.65. The molecule has 1 aromatic rings. The summed E-state index contributed by atoms with van der Waals surface area (Å²) in [6.07, 6.45) is 0.769. The molecule has 0 spiro atoms. The first-order valence-corrected chi connectivity index (χ1v) is 4.65. The zero-order valence-electron chi connectivity index (χ0n) is 8.87. The lowest BCUT2D eigenvalue weighted by Gasteiger charge is -2.04. The van der Waals surface area contributed by atoms with Crippen LogP contribution in [-0.2, 0) is 0 Å². The average molecular weight is 192 g/mol. The Labute approximate surface area is 84.6 Å². The standard InChI is InChI=1S/C11H16N2O/c1-4-11(12)13-10-6-5-9(14-3)7-8(10)2/h5-7H,4H2,1-3H3,(H2,12,13). The van der Waals surface area contributed by atoms with E-state index in [9.17, 15) is 0 Å². The van der Waals surface area contributed by atoms with Gasteiger partial charge in [-0.15, -0.1) is 0 Å². The van der Waals surface area contributed by atoms with Crippen LogP contribution in [0.3, 0.4) is 0 Å². The maximum Gasteiger partial charge on any atom is 0.119 e. The first kappa shape index (κ1) is 10.6. The predicted octanol–water partition coefficient (Wildman–Crippen LogP) is 2.40. The number of hydrogen-bond acceptors (Lipinski definition) is 2. The van der Waals surface area contributed by atoms with E-state index in [0.29, 0.717) is 5.84 Å². The van der Waals surface area contributed by atoms with E-state index >= 15 is 0 Å². The first-order valence-electron chi connectivity index (χ1n) is 4.65. The minimum Gasteiger partial charge on any atom is -0.497 e. The zero-order valence-corrected chi connectivity index (χ0v) is 8.87. The number of nitrogens with two attached hydrogens (primary N) is 1. The molecule has 0 saturated heterocycles. The van der Waals surface area contributed by atoms with E-state index < -0.39 is 0 Å². The molecule has 0 heterocycles. The molecule has 2 N–H and O–H groups in total. The van der Waals surface area contributed by atoms with Crippen molar-refractivity contribution in [3.05, 3.63) is 23.8 Å². The molecule has 0 atom stereocenters. The molecule has 0 bridgehead atoms. The number of benzene rings is 1. The quantitative estimate of drug-likeness (QED) is 0.590. The van der Waals surface area contributed by atoms with Crippen molar-refractivity contribution in [2.75, 3.05) is 7.11 Å². The monoisotopic (exact) mass is 192 g/mol. The third kappa shape index (κ3) is 2.49. The molecule has 0 aliphatic heterocycles. The number of aryl methyl sites for hydroxylation is 1. The molecule has 0 aliphatic rings. The van der Waals surface area contributed by atoms with Crippen LogP contribution in [-0.4, -0.2) is 12.9 Å². The predicted molar refractivity (Wildman–Crippen MR) is 59.3 cm³/mol. The molecular weight excluding hydrogens is 176 g/mol. The molecule has 0 unspecified atom stereocenters. The lowest BCUT2D eigenvalue weighted by atomic mass is 10.2. The van der Waals surface area contributed by atoms with Gasteiger partial charge in [0, 0.05) is 6.42 Å². The minimum atomic E-state index is 0.651. The highest BCUT2D eigenvalue weighted by molar-refractivity contribution is 5.83. The van der Waals surface area contributed by atoms with Gasteiger partial charge in [-0.05, 0) is 30.7 Å². The van der Waals surface area contributed by atoms with Crippen LogP contribution in [0.15, 0.2) is 23.2 Å². The van der Waals surface area contributed by atoms with Gasteiger partial charge in [0.15, 0.2) is 0 Å². The molecular formula is C11H16N2O. The van der Waals surface area contributed by atoms with Crippen molar-refractivity contribution in [2.45, 2.75) is 20.3 Å². The van der Waals surface area contributed by atoms with Gasteiger partial charge >= 0.3 is 0 Å². The summed E-state index contributed by atoms with van der Waals surface area (Å²) < 4.78 is 5.10. The van der Waals surface area contributed by atoms with Crippen molar-refractivity contribution in [1.82, 2.24) is 0 Å². The van der Waals surface area contributed by atoms with Gasteiger partial charge in [0.2, 0.25) is 0 Å². The third-order valence-electron chi connectivity index (χ3n) is 2.03. The Bertz CT molecular complexity index is 345. The van der Waals surface area contributed by atoms with Gasteiger partial charge in [-0.2, -0.15) is 0 Å². The van der Waals surface area contributed by atoms with Crippen molar-refractivity contribution in [3.8, 4) is 5.75 Å². The van der Waals surface area contributed by atoms with Gasteiger partial charge in [0.25, 0.3) is 0 Å². The Morgan fingerprint density at radius 3 is 2.71 bits per heavy atom. The molecule has 1 aromatic carbocycles. The Balaban J connectivity index is 3.00. The van der Waals surface area contributed by atoms with Crippen molar-refractivity contribution in [1.29, 1.82) is 0 Å². The fourth-order valence-corrected chi connectivity index (χ4v) is 1.11. The lowest BCUT2D eigenvalue weighted by Crippen LogP contribution is -2.08. The van der Waals surface area contributed by atoms with Crippen LogP contribution in [0.5, 0.6) is 5.75 Å². The number of hydrogen-bond donors (Lipinski definition) is 1. The number of rotatable bonds is 3. The SMILES string of the molecule is CCC(N)=Nc1ccc(OC)cc1C. The van der Waals surface area contributed by atoms with Crippen molar-refractivity contribution in [3.63, 3.8) is 0 Å². The molecule has 3 nitrogen and oxygen atoms in total. The number of aliphatic imine (C=N–C) groups is 1. The fourth-order valence-electron chi connectivity index (χ4n) is 1.11. The van der Waals surface area contributed by atoms with E-state index in [1.807, 2.05) is 32.0 Å². The highest BCUT2D eigenvalue weighted by Gasteiger charge is 1.99. The van der Waals surface area contributed by atoms with Crippen molar-refractivity contribution < 1.29 is 4.74 Å². The van der Waals surface area contributed by atoms with Crippen LogP contribution in [0.25, 0.3) is 0 Å². The van der Waals surface area contributed by atoms with Gasteiger partial charge < -0.3 is 10.5 Å². The molecule has 0 aliphatic carbocycles. The van der Waals surface area contributed by atoms with Crippen LogP contribution < -0.4 is 10.5 Å². The van der Waals surface area contributed by atoms with E-state index in [-0.39, 0.29) is 0 Å². The van der Waals surface area contributed by atoms with Crippen LogP contribution in [0.1, 0.15) is 18.9 Å². The summed E-state index contributed by atoms with van der Waals surface area (Å²) in [5, 5.41) is 0. The summed E-state index contributed by atoms with van der Waals surface area (Å²) in [4.78, 5) is 4.29. The Morgan fingerprint density at radius 1 is 1.50 bits per heavy atom. The first-order chi connectivity index (χ1) is 6.67. The van der Waals surface area contributed by atoms with Gasteiger partial charge in [0.05, 0.1) is 18.6 Å². The summed E-state index contributed by atoms with van der Waals surface area (Å²) in [5.74, 6) is 1.50. The number of ether oxygens (including phenoxy) is 1. The molecule has 0 aromatic heterocycles. The summed E-state index contributed by atoms with van der Waals surface area (Å²) in [7, 11) is 1.65. The zero-order chi connectivity index (χ0) is 10.6. The molecule has 3 heteroatoms. The number of methoxy groups -OCH3 is 1. The van der Waals surface area contributed by atoms with Crippen molar-refractivity contribution in [2.24, 2.45) is 10.7 Å². The smallest absolute Gasteiger partial charge is 0.119 e. The third-order valence-corrected chi connectivity index (χ3v) is 2.03. The summed E-state index contributed by atoms with van der Waals surface area (Å²) in [6, 6.07) is 5.74. The molecule has 0 radical (unpaired) electrons. The molecule has 1 rings (SSSR count). The summed E-state index contributed by atoms with van der Waals surface area (Å²) in [6.45, 7) is 3.97. The van der Waals surface area contributed by atoms with E-state index in [4.69, 9.17) is 10.5 Å². The normalized spacial score (nSPS) is 11.5. The van der Waals surface area contributed by atoms with Crippen LogP contribution >= 0.6 is 0 Å². The van der Waals surface area contributed by atoms with Gasteiger partial charge in [0.1, 0.15) is 5.75 Å². The van der Waals surface area contributed by atoms with Crippen LogP contribution in [0, 0.1) is 6.92 Å². The molecule has 76 valence electrons. The average Bonchev–Trinajstić information content (AvgIpc) is 2.20. The largest absolute Gasteiger partial charge is 0.497 e. The van der Waals surface area contributed by atoms with Gasteiger partial charge in [-0.1, -0.05) is 6.92 Å². The number of nitrogens with zero attached hydrogens (tertiary/aromatic N) is 1. The van der Waals surface area contributed by atoms with E-state index in [1.54, 1.807) is 7.11 Å². The lowest BCUT2D eigenvalue weighted by molar-refractivity contribution is 0.414. The fraction of sp³-hybridized carbons (Fsp3) is 0.364. The minimum absolute atomic E-state index is 0.651. The molecule has 0 fully saturated rings. The maximum absolute atomic E-state index is 5.66. The molecule has 14 heavy (non-hydrogen) atoms. The highest BCUT2D eigenvalue weighted by atomic mass is 16.5. The van der Waals surface area contributed by atoms with Gasteiger partial charge in [-0.3, -0.25) is 0 Å².